The van der Waals surface area contributed by atoms with Crippen molar-refractivity contribution in [2.24, 2.45) is 0 Å². The van der Waals surface area contributed by atoms with E-state index in [-0.39, 0.29) is 23.2 Å². The maximum atomic E-state index is 13.1. The lowest BCUT2D eigenvalue weighted by atomic mass is 9.88. The van der Waals surface area contributed by atoms with Crippen molar-refractivity contribution in [3.63, 3.8) is 0 Å². The Bertz CT molecular complexity index is 1330. The lowest BCUT2D eigenvalue weighted by Gasteiger charge is -2.24. The highest BCUT2D eigenvalue weighted by Crippen LogP contribution is 2.48. The van der Waals surface area contributed by atoms with Crippen LogP contribution in [0.2, 0.25) is 5.02 Å². The molecule has 1 aromatic carbocycles. The average molecular weight is 558 g/mol. The number of methoxy groups -OCH3 is 2. The highest BCUT2D eigenvalue weighted by Gasteiger charge is 2.43. The number of hydrogen-bond acceptors (Lipinski definition) is 9. The largest absolute Gasteiger partial charge is 0.479 e. The second-order valence-corrected chi connectivity index (χ2v) is 10.7. The summed E-state index contributed by atoms with van der Waals surface area (Å²) in [4.78, 5) is 21.8. The number of carbonyl (C=O) groups is 1. The van der Waals surface area contributed by atoms with E-state index >= 15 is 0 Å². The van der Waals surface area contributed by atoms with E-state index in [9.17, 15) is 4.79 Å². The Kier molecular flexibility index (Phi) is 8.39. The van der Waals surface area contributed by atoms with Crippen LogP contribution in [0.1, 0.15) is 67.1 Å². The van der Waals surface area contributed by atoms with Gasteiger partial charge in [-0.25, -0.2) is 0 Å². The Morgan fingerprint density at radius 2 is 1.64 bits per heavy atom. The molecule has 0 saturated heterocycles. The fourth-order valence-electron chi connectivity index (χ4n) is 4.82. The zero-order valence-corrected chi connectivity index (χ0v) is 24.2. The van der Waals surface area contributed by atoms with Crippen LogP contribution in [-0.2, 0) is 22.4 Å². The summed E-state index contributed by atoms with van der Waals surface area (Å²) in [5.74, 6) is 0.875. The molecule has 0 aliphatic carbocycles. The summed E-state index contributed by atoms with van der Waals surface area (Å²) in [5.41, 5.74) is 2.39. The summed E-state index contributed by atoms with van der Waals surface area (Å²) >= 11 is 6.66. The van der Waals surface area contributed by atoms with Gasteiger partial charge in [0.2, 0.25) is 17.7 Å². The second kappa shape index (κ2) is 11.4. The minimum Gasteiger partial charge on any atom is -0.479 e. The molecule has 0 atom stereocenters. The Morgan fingerprint density at radius 1 is 1.00 bits per heavy atom. The standard InChI is InChI=1S/C28H36ClN5O5/c1-27(2)18-14-16(20(29)15-19(18)28(3,4)39-27)13-17-9-10-21(38-17)23(35)32-22-24(36-6)33-26(34-25(22)37-7)31-12-8-11-30-5/h9-10,14-15,30H,8,11-13H2,1-7H3,(H,32,35)(H,31,33,34). The molecule has 3 heterocycles. The molecule has 0 spiro atoms. The lowest BCUT2D eigenvalue weighted by molar-refractivity contribution is -0.105. The van der Waals surface area contributed by atoms with Gasteiger partial charge in [-0.1, -0.05) is 17.7 Å². The van der Waals surface area contributed by atoms with E-state index in [4.69, 9.17) is 30.2 Å². The molecule has 0 fully saturated rings. The molecule has 0 bridgehead atoms. The van der Waals surface area contributed by atoms with Crippen molar-refractivity contribution in [2.45, 2.75) is 51.7 Å². The van der Waals surface area contributed by atoms with Crippen molar-refractivity contribution in [3.05, 3.63) is 57.5 Å². The molecule has 2 aromatic heterocycles. The number of hydrogen-bond donors (Lipinski definition) is 3. The zero-order chi connectivity index (χ0) is 28.4. The van der Waals surface area contributed by atoms with Gasteiger partial charge in [-0.05, 0) is 82.6 Å². The minimum atomic E-state index is -0.493. The van der Waals surface area contributed by atoms with Gasteiger partial charge in [-0.3, -0.25) is 4.79 Å². The average Bonchev–Trinajstić information content (AvgIpc) is 3.42. The van der Waals surface area contributed by atoms with Crippen LogP contribution >= 0.6 is 11.6 Å². The molecule has 39 heavy (non-hydrogen) atoms. The molecule has 0 radical (unpaired) electrons. The molecule has 1 amide bonds. The molecule has 210 valence electrons. The van der Waals surface area contributed by atoms with Gasteiger partial charge in [0.15, 0.2) is 11.4 Å². The fraction of sp³-hybridized carbons (Fsp3) is 0.464. The smallest absolute Gasteiger partial charge is 0.291 e. The first-order valence-corrected chi connectivity index (χ1v) is 13.2. The molecule has 1 aliphatic heterocycles. The van der Waals surface area contributed by atoms with Gasteiger partial charge in [0.25, 0.3) is 5.91 Å². The fourth-order valence-corrected chi connectivity index (χ4v) is 5.05. The van der Waals surface area contributed by atoms with Gasteiger partial charge in [-0.2, -0.15) is 9.97 Å². The van der Waals surface area contributed by atoms with Gasteiger partial charge in [0, 0.05) is 18.0 Å². The van der Waals surface area contributed by atoms with E-state index in [2.05, 4.69) is 32.0 Å². The van der Waals surface area contributed by atoms with Crippen molar-refractivity contribution >= 4 is 29.1 Å². The van der Waals surface area contributed by atoms with Crippen LogP contribution in [0.4, 0.5) is 11.6 Å². The third-order valence-corrected chi connectivity index (χ3v) is 6.95. The van der Waals surface area contributed by atoms with Crippen LogP contribution < -0.4 is 25.4 Å². The van der Waals surface area contributed by atoms with E-state index in [0.717, 1.165) is 29.7 Å². The van der Waals surface area contributed by atoms with E-state index in [1.807, 2.05) is 40.8 Å². The van der Waals surface area contributed by atoms with Crippen LogP contribution in [0, 0.1) is 0 Å². The maximum absolute atomic E-state index is 13.1. The van der Waals surface area contributed by atoms with Crippen LogP contribution in [-0.4, -0.2) is 50.2 Å². The molecule has 4 rings (SSSR count). The van der Waals surface area contributed by atoms with Crippen molar-refractivity contribution in [1.29, 1.82) is 0 Å². The van der Waals surface area contributed by atoms with Gasteiger partial charge in [0.05, 0.1) is 25.4 Å². The Balaban J connectivity index is 1.51. The van der Waals surface area contributed by atoms with Crippen molar-refractivity contribution < 1.29 is 23.4 Å². The quantitative estimate of drug-likeness (QED) is 0.276. The zero-order valence-electron chi connectivity index (χ0n) is 23.5. The van der Waals surface area contributed by atoms with Crippen LogP contribution in [0.3, 0.4) is 0 Å². The molecule has 10 nitrogen and oxygen atoms in total. The minimum absolute atomic E-state index is 0.116. The molecule has 0 saturated carbocycles. The van der Waals surface area contributed by atoms with E-state index in [1.54, 1.807) is 12.1 Å². The number of aromatic nitrogens is 2. The van der Waals surface area contributed by atoms with Gasteiger partial charge in [0.1, 0.15) is 5.76 Å². The predicted molar refractivity (Wildman–Crippen MR) is 150 cm³/mol. The Hall–Kier alpha value is -3.34. The number of benzene rings is 1. The first-order chi connectivity index (χ1) is 18.5. The SMILES string of the molecule is CNCCCNc1nc(OC)c(NC(=O)c2ccc(Cc3cc4c(cc3Cl)C(C)(C)OC4(C)C)o2)c(OC)n1. The Morgan fingerprint density at radius 3 is 2.26 bits per heavy atom. The topological polar surface area (TPSA) is 120 Å². The first-order valence-electron chi connectivity index (χ1n) is 12.8. The molecule has 3 aromatic rings. The van der Waals surface area contributed by atoms with Gasteiger partial charge >= 0.3 is 0 Å². The summed E-state index contributed by atoms with van der Waals surface area (Å²) in [6.07, 6.45) is 1.30. The molecule has 0 unspecified atom stereocenters. The number of ether oxygens (including phenoxy) is 3. The maximum Gasteiger partial charge on any atom is 0.291 e. The number of carbonyl (C=O) groups excluding carboxylic acids is 1. The predicted octanol–water partition coefficient (Wildman–Crippen LogP) is 5.11. The number of anilines is 2. The highest BCUT2D eigenvalue weighted by atomic mass is 35.5. The number of nitrogens with one attached hydrogen (secondary N) is 3. The number of furan rings is 1. The third-order valence-electron chi connectivity index (χ3n) is 6.60. The van der Waals surface area contributed by atoms with Crippen molar-refractivity contribution in [1.82, 2.24) is 15.3 Å². The number of halogens is 1. The molecule has 11 heteroatoms. The van der Waals surface area contributed by atoms with Crippen molar-refractivity contribution in [3.8, 4) is 11.8 Å². The molecule has 1 aliphatic rings. The normalized spacial score (nSPS) is 15.1. The first kappa shape index (κ1) is 28.7. The number of nitrogens with zero attached hydrogens (tertiary/aromatic N) is 2. The van der Waals surface area contributed by atoms with E-state index in [1.165, 1.54) is 14.2 Å². The second-order valence-electron chi connectivity index (χ2n) is 10.3. The molecular formula is C28H36ClN5O5. The monoisotopic (exact) mass is 557 g/mol. The van der Waals surface area contributed by atoms with E-state index in [0.29, 0.717) is 29.7 Å². The summed E-state index contributed by atoms with van der Waals surface area (Å²) < 4.78 is 23.0. The summed E-state index contributed by atoms with van der Waals surface area (Å²) in [5, 5.41) is 9.58. The third kappa shape index (κ3) is 6.13. The Labute approximate surface area is 233 Å². The van der Waals surface area contributed by atoms with Crippen LogP contribution in [0.5, 0.6) is 11.8 Å². The number of fused-ring (bicyclic) bond motifs is 1. The number of rotatable bonds is 11. The van der Waals surface area contributed by atoms with Crippen molar-refractivity contribution in [2.75, 3.05) is 45.0 Å². The van der Waals surface area contributed by atoms with Gasteiger partial charge in [-0.15, -0.1) is 0 Å². The highest BCUT2D eigenvalue weighted by molar-refractivity contribution is 6.31. The molecule has 3 N–H and O–H groups in total. The summed E-state index contributed by atoms with van der Waals surface area (Å²) in [6.45, 7) is 9.68. The number of amides is 1. The van der Waals surface area contributed by atoms with Crippen LogP contribution in [0.25, 0.3) is 0 Å². The van der Waals surface area contributed by atoms with E-state index < -0.39 is 17.1 Å². The lowest BCUT2D eigenvalue weighted by Crippen LogP contribution is -2.22. The molecular weight excluding hydrogens is 522 g/mol. The van der Waals surface area contributed by atoms with Gasteiger partial charge < -0.3 is 34.6 Å². The van der Waals surface area contributed by atoms with Crippen LogP contribution in [0.15, 0.2) is 28.7 Å². The summed E-state index contributed by atoms with van der Waals surface area (Å²) in [7, 11) is 4.81. The summed E-state index contributed by atoms with van der Waals surface area (Å²) in [6, 6.07) is 7.40.